The summed E-state index contributed by atoms with van der Waals surface area (Å²) in [6, 6.07) is 0.341. The summed E-state index contributed by atoms with van der Waals surface area (Å²) in [7, 11) is 0. The molecule has 2 fully saturated rings. The summed E-state index contributed by atoms with van der Waals surface area (Å²) in [5.41, 5.74) is 0. The van der Waals surface area contributed by atoms with Gasteiger partial charge in [0.15, 0.2) is 0 Å². The smallest absolute Gasteiger partial charge is 0.317 e. The van der Waals surface area contributed by atoms with Gasteiger partial charge >= 0.3 is 6.03 Å². The second-order valence-electron chi connectivity index (χ2n) is 5.22. The van der Waals surface area contributed by atoms with Crippen molar-refractivity contribution in [2.24, 2.45) is 0 Å². The Morgan fingerprint density at radius 1 is 1.06 bits per heavy atom. The van der Waals surface area contributed by atoms with Gasteiger partial charge in [0.25, 0.3) is 0 Å². The first-order valence-electron chi connectivity index (χ1n) is 7.08. The van der Waals surface area contributed by atoms with E-state index in [9.17, 15) is 9.59 Å². The Bertz CT molecular complexity index is 295. The van der Waals surface area contributed by atoms with Crippen LogP contribution >= 0.6 is 0 Å². The average Bonchev–Trinajstić information content (AvgIpc) is 3.00. The van der Waals surface area contributed by atoms with Crippen molar-refractivity contribution in [3.63, 3.8) is 0 Å². The molecule has 5 heteroatoms. The fourth-order valence-corrected chi connectivity index (χ4v) is 2.68. The zero-order chi connectivity index (χ0) is 12.8. The molecule has 0 unspecified atom stereocenters. The molecule has 1 saturated carbocycles. The van der Waals surface area contributed by atoms with Crippen molar-refractivity contribution in [3.05, 3.63) is 0 Å². The van der Waals surface area contributed by atoms with Crippen LogP contribution < -0.4 is 10.6 Å². The first kappa shape index (κ1) is 13.2. The molecule has 0 spiro atoms. The molecule has 3 amide bonds. The van der Waals surface area contributed by atoms with E-state index >= 15 is 0 Å². The Kier molecular flexibility index (Phi) is 4.84. The number of hydrogen-bond donors (Lipinski definition) is 2. The van der Waals surface area contributed by atoms with Crippen LogP contribution in [0.3, 0.4) is 0 Å². The summed E-state index contributed by atoms with van der Waals surface area (Å²) < 4.78 is 0. The highest BCUT2D eigenvalue weighted by Crippen LogP contribution is 2.17. The molecule has 0 radical (unpaired) electrons. The van der Waals surface area contributed by atoms with Gasteiger partial charge in [-0.1, -0.05) is 12.8 Å². The van der Waals surface area contributed by atoms with Gasteiger partial charge in [-0.25, -0.2) is 4.79 Å². The molecule has 0 aromatic carbocycles. The summed E-state index contributed by atoms with van der Waals surface area (Å²) in [5, 5.41) is 5.82. The number of urea groups is 1. The van der Waals surface area contributed by atoms with Crippen LogP contribution in [0.2, 0.25) is 0 Å². The lowest BCUT2D eigenvalue weighted by atomic mass is 10.2. The summed E-state index contributed by atoms with van der Waals surface area (Å²) in [5.74, 6) is 0.0589. The number of hydrogen-bond acceptors (Lipinski definition) is 2. The molecule has 0 aromatic rings. The number of nitrogens with zero attached hydrogens (tertiary/aromatic N) is 1. The summed E-state index contributed by atoms with van der Waals surface area (Å²) in [6.07, 6.45) is 7.21. The lowest BCUT2D eigenvalue weighted by molar-refractivity contribution is -0.121. The molecule has 0 atom stereocenters. The first-order valence-corrected chi connectivity index (χ1v) is 7.08. The van der Waals surface area contributed by atoms with Crippen molar-refractivity contribution in [3.8, 4) is 0 Å². The SMILES string of the molecule is O=C(CCNC(=O)N1CCCC1)NC1CCCC1. The van der Waals surface area contributed by atoms with Crippen molar-refractivity contribution in [2.45, 2.75) is 51.0 Å². The van der Waals surface area contributed by atoms with Gasteiger partial charge in [-0.2, -0.15) is 0 Å². The Morgan fingerprint density at radius 3 is 2.39 bits per heavy atom. The highest BCUT2D eigenvalue weighted by Gasteiger charge is 2.19. The maximum atomic E-state index is 11.7. The van der Waals surface area contributed by atoms with Crippen molar-refractivity contribution < 1.29 is 9.59 Å². The molecule has 18 heavy (non-hydrogen) atoms. The van der Waals surface area contributed by atoms with Gasteiger partial charge < -0.3 is 15.5 Å². The fourth-order valence-electron chi connectivity index (χ4n) is 2.68. The zero-order valence-corrected chi connectivity index (χ0v) is 10.9. The Balaban J connectivity index is 1.56. The Hall–Kier alpha value is -1.26. The van der Waals surface area contributed by atoms with Gasteiger partial charge in [-0.3, -0.25) is 4.79 Å². The van der Waals surface area contributed by atoms with E-state index < -0.39 is 0 Å². The zero-order valence-electron chi connectivity index (χ0n) is 10.9. The van der Waals surface area contributed by atoms with Crippen LogP contribution in [-0.2, 0) is 4.79 Å². The molecule has 5 nitrogen and oxygen atoms in total. The van der Waals surface area contributed by atoms with E-state index in [4.69, 9.17) is 0 Å². The summed E-state index contributed by atoms with van der Waals surface area (Å²) in [4.78, 5) is 25.1. The number of carbonyl (C=O) groups excluding carboxylic acids is 2. The maximum Gasteiger partial charge on any atom is 0.317 e. The standard InChI is InChI=1S/C13H23N3O2/c17-12(15-11-5-1-2-6-11)7-8-14-13(18)16-9-3-4-10-16/h11H,1-10H2,(H,14,18)(H,15,17). The van der Waals surface area contributed by atoms with Gasteiger partial charge in [0.1, 0.15) is 0 Å². The van der Waals surface area contributed by atoms with Crippen molar-refractivity contribution in [1.29, 1.82) is 0 Å². The third-order valence-electron chi connectivity index (χ3n) is 3.74. The topological polar surface area (TPSA) is 61.4 Å². The third kappa shape index (κ3) is 3.89. The van der Waals surface area contributed by atoms with Crippen LogP contribution in [0.4, 0.5) is 4.79 Å². The van der Waals surface area contributed by atoms with Crippen molar-refractivity contribution in [2.75, 3.05) is 19.6 Å². The van der Waals surface area contributed by atoms with Crippen LogP contribution in [0, 0.1) is 0 Å². The van der Waals surface area contributed by atoms with Crippen LogP contribution in [-0.4, -0.2) is 42.5 Å². The largest absolute Gasteiger partial charge is 0.353 e. The molecule has 102 valence electrons. The summed E-state index contributed by atoms with van der Waals surface area (Å²) in [6.45, 7) is 2.13. The molecular formula is C13H23N3O2. The van der Waals surface area contributed by atoms with E-state index in [1.54, 1.807) is 0 Å². The third-order valence-corrected chi connectivity index (χ3v) is 3.74. The van der Waals surface area contributed by atoms with Crippen LogP contribution in [0.25, 0.3) is 0 Å². The normalized spacial score (nSPS) is 20.1. The second kappa shape index (κ2) is 6.61. The number of likely N-dealkylation sites (tertiary alicyclic amines) is 1. The Labute approximate surface area is 108 Å². The number of nitrogens with one attached hydrogen (secondary N) is 2. The van der Waals surface area contributed by atoms with Gasteiger partial charge in [0, 0.05) is 32.1 Å². The summed E-state index contributed by atoms with van der Waals surface area (Å²) >= 11 is 0. The first-order chi connectivity index (χ1) is 8.75. The van der Waals surface area contributed by atoms with Gasteiger partial charge in [0.05, 0.1) is 0 Å². The monoisotopic (exact) mass is 253 g/mol. The van der Waals surface area contributed by atoms with Gasteiger partial charge in [-0.15, -0.1) is 0 Å². The molecule has 2 rings (SSSR count). The minimum atomic E-state index is -0.0267. The van der Waals surface area contributed by atoms with Gasteiger partial charge in [0.2, 0.25) is 5.91 Å². The quantitative estimate of drug-likeness (QED) is 0.792. The average molecular weight is 253 g/mol. The maximum absolute atomic E-state index is 11.7. The molecule has 0 bridgehead atoms. The number of amides is 3. The lowest BCUT2D eigenvalue weighted by Crippen LogP contribution is -2.40. The Morgan fingerprint density at radius 2 is 1.72 bits per heavy atom. The van der Waals surface area contributed by atoms with Crippen LogP contribution in [0.5, 0.6) is 0 Å². The predicted octanol–water partition coefficient (Wildman–Crippen LogP) is 1.24. The van der Waals surface area contributed by atoms with E-state index in [0.717, 1.165) is 38.8 Å². The van der Waals surface area contributed by atoms with E-state index in [0.29, 0.717) is 19.0 Å². The fraction of sp³-hybridized carbons (Fsp3) is 0.846. The number of rotatable bonds is 4. The van der Waals surface area contributed by atoms with Crippen LogP contribution in [0.1, 0.15) is 44.9 Å². The van der Waals surface area contributed by atoms with E-state index in [-0.39, 0.29) is 11.9 Å². The molecule has 2 aliphatic rings. The molecule has 1 aliphatic carbocycles. The van der Waals surface area contributed by atoms with E-state index in [1.165, 1.54) is 12.8 Å². The molecule has 1 saturated heterocycles. The number of carbonyl (C=O) groups is 2. The minimum Gasteiger partial charge on any atom is -0.353 e. The second-order valence-corrected chi connectivity index (χ2v) is 5.22. The molecular weight excluding hydrogens is 230 g/mol. The lowest BCUT2D eigenvalue weighted by Gasteiger charge is -2.16. The van der Waals surface area contributed by atoms with E-state index in [2.05, 4.69) is 10.6 Å². The van der Waals surface area contributed by atoms with Crippen molar-refractivity contribution >= 4 is 11.9 Å². The highest BCUT2D eigenvalue weighted by atomic mass is 16.2. The molecule has 2 N–H and O–H groups in total. The highest BCUT2D eigenvalue weighted by molar-refractivity contribution is 5.78. The van der Waals surface area contributed by atoms with E-state index in [1.807, 2.05) is 4.90 Å². The molecule has 1 heterocycles. The van der Waals surface area contributed by atoms with Crippen molar-refractivity contribution in [1.82, 2.24) is 15.5 Å². The predicted molar refractivity (Wildman–Crippen MR) is 69.2 cm³/mol. The molecule has 1 aliphatic heterocycles. The molecule has 0 aromatic heterocycles. The minimum absolute atomic E-state index is 0.0267. The van der Waals surface area contributed by atoms with Gasteiger partial charge in [-0.05, 0) is 25.7 Å². The van der Waals surface area contributed by atoms with Crippen LogP contribution in [0.15, 0.2) is 0 Å².